The molecule has 110 valence electrons. The third-order valence-corrected chi connectivity index (χ3v) is 4.08. The Morgan fingerprint density at radius 3 is 2.81 bits per heavy atom. The number of aryl methyl sites for hydroxylation is 1. The van der Waals surface area contributed by atoms with Crippen molar-refractivity contribution < 1.29 is 14.5 Å². The molecule has 0 spiro atoms. The van der Waals surface area contributed by atoms with Gasteiger partial charge in [0.1, 0.15) is 5.69 Å². The number of para-hydroxylation sites is 1. The lowest BCUT2D eigenvalue weighted by Crippen LogP contribution is -2.20. The highest BCUT2D eigenvalue weighted by Gasteiger charge is 2.24. The third kappa shape index (κ3) is 3.22. The molecule has 0 unspecified atom stereocenters. The maximum Gasteiger partial charge on any atom is 0.293 e. The highest BCUT2D eigenvalue weighted by atomic mass is 32.2. The number of carbonyl (C=O) groups is 2. The number of anilines is 1. The molecule has 1 fully saturated rings. The van der Waals surface area contributed by atoms with Crippen molar-refractivity contribution in [3.63, 3.8) is 0 Å². The monoisotopic (exact) mass is 307 g/mol. The minimum atomic E-state index is -0.546. The van der Waals surface area contributed by atoms with Crippen LogP contribution < -0.4 is 5.32 Å². The molecule has 7 nitrogen and oxygen atoms in total. The molecule has 1 heterocycles. The van der Waals surface area contributed by atoms with Gasteiger partial charge in [0.2, 0.25) is 5.91 Å². The van der Waals surface area contributed by atoms with Crippen molar-refractivity contribution in [2.75, 3.05) is 18.1 Å². The van der Waals surface area contributed by atoms with E-state index in [1.165, 1.54) is 28.8 Å². The molecule has 1 aliphatic rings. The smallest absolute Gasteiger partial charge is 0.293 e. The van der Waals surface area contributed by atoms with Gasteiger partial charge >= 0.3 is 0 Å². The van der Waals surface area contributed by atoms with Gasteiger partial charge in [0.25, 0.3) is 11.6 Å². The van der Waals surface area contributed by atoms with Crippen molar-refractivity contribution >= 4 is 35.0 Å². The number of nitro benzene ring substituents is 1. The van der Waals surface area contributed by atoms with Gasteiger partial charge < -0.3 is 10.2 Å². The van der Waals surface area contributed by atoms with Gasteiger partial charge in [-0.1, -0.05) is 23.9 Å². The molecule has 1 aliphatic heterocycles. The van der Waals surface area contributed by atoms with Gasteiger partial charge in [-0.25, -0.2) is 0 Å². The Morgan fingerprint density at radius 1 is 1.52 bits per heavy atom. The van der Waals surface area contributed by atoms with Crippen LogP contribution in [0.4, 0.5) is 11.4 Å². The van der Waals surface area contributed by atoms with E-state index in [4.69, 9.17) is 0 Å². The number of nitrogens with one attached hydrogen (secondary N) is 1. The van der Waals surface area contributed by atoms with Gasteiger partial charge in [-0.3, -0.25) is 19.7 Å². The zero-order valence-corrected chi connectivity index (χ0v) is 12.3. The number of carbonyl (C=O) groups excluding carboxylic acids is 2. The fourth-order valence-corrected chi connectivity index (χ4v) is 2.78. The molecule has 0 aromatic heterocycles. The lowest BCUT2D eigenvalue weighted by atomic mass is 10.1. The van der Waals surface area contributed by atoms with E-state index < -0.39 is 10.8 Å². The quantitative estimate of drug-likeness (QED) is 0.523. The van der Waals surface area contributed by atoms with Gasteiger partial charge in [-0.2, -0.15) is 0 Å². The van der Waals surface area contributed by atoms with E-state index in [9.17, 15) is 19.7 Å². The Bertz CT molecular complexity index is 657. The summed E-state index contributed by atoms with van der Waals surface area (Å²) in [4.78, 5) is 35.2. The molecule has 1 N–H and O–H groups in total. The van der Waals surface area contributed by atoms with Gasteiger partial charge in [-0.05, 0) is 12.5 Å². The van der Waals surface area contributed by atoms with E-state index in [1.807, 2.05) is 0 Å². The van der Waals surface area contributed by atoms with Gasteiger partial charge in [0.15, 0.2) is 0 Å². The molecule has 0 bridgehead atoms. The average Bonchev–Trinajstić information content (AvgIpc) is 2.73. The first-order valence-corrected chi connectivity index (χ1v) is 7.04. The fourth-order valence-electron chi connectivity index (χ4n) is 1.83. The van der Waals surface area contributed by atoms with E-state index in [-0.39, 0.29) is 17.3 Å². The number of nitrogens with zero attached hydrogens (tertiary/aromatic N) is 2. The standard InChI is InChI=1S/C13H13N3O4S/c1-8-4-3-5-9(16(19)20)13(8)14-10(17)6-12-15(2)11(18)7-21-12/h3-6H,7H2,1-2H3,(H,14,17)/b12-6-. The van der Waals surface area contributed by atoms with Crippen LogP contribution >= 0.6 is 11.8 Å². The molecular formula is C13H13N3O4S. The molecule has 2 rings (SSSR count). The van der Waals surface area contributed by atoms with E-state index in [0.29, 0.717) is 16.3 Å². The average molecular weight is 307 g/mol. The number of rotatable bonds is 3. The van der Waals surface area contributed by atoms with Crippen molar-refractivity contribution in [2.24, 2.45) is 0 Å². The summed E-state index contributed by atoms with van der Waals surface area (Å²) in [6.45, 7) is 1.68. The van der Waals surface area contributed by atoms with Crippen LogP contribution in [-0.4, -0.2) is 34.4 Å². The molecule has 0 radical (unpaired) electrons. The summed E-state index contributed by atoms with van der Waals surface area (Å²) in [7, 11) is 1.58. The summed E-state index contributed by atoms with van der Waals surface area (Å²) in [5.74, 6) is -0.294. The lowest BCUT2D eigenvalue weighted by Gasteiger charge is -2.10. The van der Waals surface area contributed by atoms with Crippen molar-refractivity contribution in [1.82, 2.24) is 4.90 Å². The number of nitro groups is 1. The van der Waals surface area contributed by atoms with Crippen molar-refractivity contribution in [3.05, 3.63) is 45.0 Å². The largest absolute Gasteiger partial charge is 0.316 e. The van der Waals surface area contributed by atoms with E-state index >= 15 is 0 Å². The van der Waals surface area contributed by atoms with Crippen LogP contribution in [0.3, 0.4) is 0 Å². The zero-order valence-electron chi connectivity index (χ0n) is 11.5. The van der Waals surface area contributed by atoms with Gasteiger partial charge in [0.05, 0.1) is 15.7 Å². The van der Waals surface area contributed by atoms with Crippen molar-refractivity contribution in [2.45, 2.75) is 6.92 Å². The molecule has 0 atom stereocenters. The van der Waals surface area contributed by atoms with Crippen LogP contribution in [0, 0.1) is 17.0 Å². The zero-order chi connectivity index (χ0) is 15.6. The molecule has 0 aliphatic carbocycles. The number of hydrogen-bond acceptors (Lipinski definition) is 5. The van der Waals surface area contributed by atoms with Crippen LogP contribution in [0.2, 0.25) is 0 Å². The minimum absolute atomic E-state index is 0.0825. The number of hydrogen-bond donors (Lipinski definition) is 1. The predicted molar refractivity (Wildman–Crippen MR) is 79.8 cm³/mol. The number of amides is 2. The van der Waals surface area contributed by atoms with Crippen molar-refractivity contribution in [1.29, 1.82) is 0 Å². The highest BCUT2D eigenvalue weighted by Crippen LogP contribution is 2.29. The van der Waals surface area contributed by atoms with Crippen LogP contribution in [-0.2, 0) is 9.59 Å². The molecule has 1 aromatic carbocycles. The molecule has 1 saturated heterocycles. The summed E-state index contributed by atoms with van der Waals surface area (Å²) in [5, 5.41) is 14.0. The predicted octanol–water partition coefficient (Wildman–Crippen LogP) is 1.89. The Balaban J connectivity index is 2.23. The van der Waals surface area contributed by atoms with Crippen LogP contribution in [0.5, 0.6) is 0 Å². The third-order valence-electron chi connectivity index (χ3n) is 3.00. The van der Waals surface area contributed by atoms with Gasteiger partial charge in [0, 0.05) is 19.2 Å². The normalized spacial score (nSPS) is 16.4. The number of benzene rings is 1. The molecule has 2 amide bonds. The molecular weight excluding hydrogens is 294 g/mol. The van der Waals surface area contributed by atoms with Crippen LogP contribution in [0.25, 0.3) is 0 Å². The van der Waals surface area contributed by atoms with E-state index in [1.54, 1.807) is 26.1 Å². The summed E-state index contributed by atoms with van der Waals surface area (Å²) < 4.78 is 0. The summed E-state index contributed by atoms with van der Waals surface area (Å²) in [5.41, 5.74) is 0.603. The SMILES string of the molecule is Cc1cccc([N+](=O)[O-])c1NC(=O)/C=C1\SCC(=O)N1C. The first-order valence-electron chi connectivity index (χ1n) is 6.06. The summed E-state index contributed by atoms with van der Waals surface area (Å²) in [6, 6.07) is 4.56. The molecule has 21 heavy (non-hydrogen) atoms. The minimum Gasteiger partial charge on any atom is -0.316 e. The summed E-state index contributed by atoms with van der Waals surface area (Å²) >= 11 is 1.25. The maximum atomic E-state index is 12.0. The second-order valence-corrected chi connectivity index (χ2v) is 5.44. The Hall–Kier alpha value is -2.35. The topological polar surface area (TPSA) is 92.5 Å². The highest BCUT2D eigenvalue weighted by molar-refractivity contribution is 8.04. The second kappa shape index (κ2) is 5.96. The van der Waals surface area contributed by atoms with Crippen LogP contribution in [0.1, 0.15) is 5.56 Å². The Kier molecular flexibility index (Phi) is 4.27. The molecule has 8 heteroatoms. The van der Waals surface area contributed by atoms with E-state index in [0.717, 1.165) is 0 Å². The first-order chi connectivity index (χ1) is 9.90. The number of thioether (sulfide) groups is 1. The Morgan fingerprint density at radius 2 is 2.24 bits per heavy atom. The fraction of sp³-hybridized carbons (Fsp3) is 0.231. The van der Waals surface area contributed by atoms with Gasteiger partial charge in [-0.15, -0.1) is 0 Å². The lowest BCUT2D eigenvalue weighted by molar-refractivity contribution is -0.384. The summed E-state index contributed by atoms with van der Waals surface area (Å²) in [6.07, 6.45) is 1.27. The van der Waals surface area contributed by atoms with Crippen LogP contribution in [0.15, 0.2) is 29.3 Å². The van der Waals surface area contributed by atoms with Crippen molar-refractivity contribution in [3.8, 4) is 0 Å². The maximum absolute atomic E-state index is 12.0. The second-order valence-electron chi connectivity index (χ2n) is 4.44. The Labute approximate surface area is 125 Å². The molecule has 1 aromatic rings. The molecule has 0 saturated carbocycles. The van der Waals surface area contributed by atoms with E-state index in [2.05, 4.69) is 5.32 Å². The first kappa shape index (κ1) is 15.0.